The number of benzene rings is 1. The van der Waals surface area contributed by atoms with Crippen LogP contribution in [0.2, 0.25) is 0 Å². The van der Waals surface area contributed by atoms with E-state index in [-0.39, 0.29) is 5.41 Å². The van der Waals surface area contributed by atoms with E-state index in [1.165, 1.54) is 16.6 Å². The highest BCUT2D eigenvalue weighted by molar-refractivity contribution is 5.89. The topological polar surface area (TPSA) is 29.0 Å². The summed E-state index contributed by atoms with van der Waals surface area (Å²) >= 11 is 0. The van der Waals surface area contributed by atoms with Crippen molar-refractivity contribution in [3.05, 3.63) is 41.5 Å². The molecule has 3 heteroatoms. The molecule has 1 unspecified atom stereocenters. The molecule has 0 amide bonds. The number of anilines is 1. The van der Waals surface area contributed by atoms with Gasteiger partial charge in [0.1, 0.15) is 5.82 Å². The van der Waals surface area contributed by atoms with Gasteiger partial charge < -0.3 is 4.90 Å². The molecule has 21 heavy (non-hydrogen) atoms. The fourth-order valence-electron chi connectivity index (χ4n) is 3.41. The van der Waals surface area contributed by atoms with Gasteiger partial charge >= 0.3 is 0 Å². The Labute approximate surface area is 126 Å². The highest BCUT2D eigenvalue weighted by Gasteiger charge is 2.40. The predicted octanol–water partition coefficient (Wildman–Crippen LogP) is 4.13. The van der Waals surface area contributed by atoms with Gasteiger partial charge in [-0.2, -0.15) is 0 Å². The summed E-state index contributed by atoms with van der Waals surface area (Å²) in [4.78, 5) is 11.5. The second-order valence-corrected chi connectivity index (χ2v) is 6.15. The van der Waals surface area contributed by atoms with Crippen LogP contribution in [0.4, 0.5) is 5.69 Å². The van der Waals surface area contributed by atoms with E-state index in [4.69, 9.17) is 0 Å². The van der Waals surface area contributed by atoms with E-state index in [0.29, 0.717) is 0 Å². The second-order valence-electron chi connectivity index (χ2n) is 6.15. The highest BCUT2D eigenvalue weighted by Crippen LogP contribution is 2.49. The molecule has 1 aromatic heterocycles. The molecule has 0 N–H and O–H groups in total. The third-order valence-corrected chi connectivity index (χ3v) is 5.04. The Morgan fingerprint density at radius 2 is 1.95 bits per heavy atom. The highest BCUT2D eigenvalue weighted by atomic mass is 15.2. The number of rotatable bonds is 2. The van der Waals surface area contributed by atoms with Crippen LogP contribution in [0.1, 0.15) is 44.3 Å². The molecule has 3 nitrogen and oxygen atoms in total. The minimum atomic E-state index is 0.00348. The van der Waals surface area contributed by atoms with Crippen LogP contribution < -0.4 is 4.90 Å². The van der Waals surface area contributed by atoms with Crippen molar-refractivity contribution in [1.82, 2.24) is 9.97 Å². The first-order valence-corrected chi connectivity index (χ1v) is 7.67. The molecule has 0 aliphatic carbocycles. The van der Waals surface area contributed by atoms with Crippen molar-refractivity contribution in [2.75, 3.05) is 11.9 Å². The van der Waals surface area contributed by atoms with Crippen LogP contribution in [0.5, 0.6) is 0 Å². The molecule has 2 heterocycles. The number of hydrogen-bond donors (Lipinski definition) is 0. The minimum absolute atomic E-state index is 0.00348. The van der Waals surface area contributed by atoms with Crippen molar-refractivity contribution in [3.63, 3.8) is 0 Å². The van der Waals surface area contributed by atoms with Crippen molar-refractivity contribution in [1.29, 1.82) is 0 Å². The van der Waals surface area contributed by atoms with Crippen LogP contribution in [0, 0.1) is 6.92 Å². The van der Waals surface area contributed by atoms with Crippen LogP contribution in [0.25, 0.3) is 10.9 Å². The van der Waals surface area contributed by atoms with Crippen LogP contribution in [0.3, 0.4) is 0 Å². The molecular weight excluding hydrogens is 258 g/mol. The Morgan fingerprint density at radius 1 is 1.24 bits per heavy atom. The number of nitrogens with zero attached hydrogens (tertiary/aromatic N) is 3. The number of hydrogen-bond acceptors (Lipinski definition) is 3. The maximum Gasteiger partial charge on any atom is 0.126 e. The van der Waals surface area contributed by atoms with E-state index < -0.39 is 0 Å². The molecular formula is C18H23N3. The molecule has 1 aliphatic heterocycles. The summed E-state index contributed by atoms with van der Waals surface area (Å²) in [7, 11) is 2.11. The monoisotopic (exact) mass is 281 g/mol. The van der Waals surface area contributed by atoms with E-state index in [1.807, 2.05) is 6.92 Å². The zero-order valence-corrected chi connectivity index (χ0v) is 13.6. The summed E-state index contributed by atoms with van der Waals surface area (Å²) in [6, 6.07) is 4.49. The lowest BCUT2D eigenvalue weighted by molar-refractivity contribution is 0.552. The summed E-state index contributed by atoms with van der Waals surface area (Å²) in [5.41, 5.74) is 5.94. The van der Waals surface area contributed by atoms with Crippen LogP contribution in [-0.2, 0) is 11.8 Å². The molecule has 1 atom stereocenters. The van der Waals surface area contributed by atoms with Gasteiger partial charge in [0, 0.05) is 29.2 Å². The summed E-state index contributed by atoms with van der Waals surface area (Å²) < 4.78 is 0. The number of aromatic nitrogens is 2. The Kier molecular flexibility index (Phi) is 3.05. The smallest absolute Gasteiger partial charge is 0.126 e. The maximum atomic E-state index is 4.65. The van der Waals surface area contributed by atoms with Gasteiger partial charge in [0.15, 0.2) is 0 Å². The van der Waals surface area contributed by atoms with Gasteiger partial charge in [-0.25, -0.2) is 9.97 Å². The third-order valence-electron chi connectivity index (χ3n) is 5.04. The molecule has 3 rings (SSSR count). The number of allylic oxidation sites excluding steroid dienone is 1. The molecule has 1 aromatic carbocycles. The number of aryl methyl sites for hydroxylation is 2. The van der Waals surface area contributed by atoms with Crippen molar-refractivity contribution in [2.24, 2.45) is 0 Å². The van der Waals surface area contributed by atoms with E-state index in [9.17, 15) is 0 Å². The second kappa shape index (κ2) is 4.55. The maximum absolute atomic E-state index is 4.65. The fraction of sp³-hybridized carbons (Fsp3) is 0.444. The van der Waals surface area contributed by atoms with E-state index in [1.54, 1.807) is 0 Å². The largest absolute Gasteiger partial charge is 0.348 e. The van der Waals surface area contributed by atoms with Crippen molar-refractivity contribution < 1.29 is 0 Å². The van der Waals surface area contributed by atoms with Gasteiger partial charge in [0.2, 0.25) is 0 Å². The molecule has 2 aromatic rings. The molecule has 0 saturated carbocycles. The first-order valence-electron chi connectivity index (χ1n) is 7.67. The van der Waals surface area contributed by atoms with Gasteiger partial charge in [0.05, 0.1) is 11.2 Å². The standard InChI is InChI=1S/C18H23N3/c1-7-15-13-9-17-14(10-16(13)20-12(4)19-15)18(5,8-2)11(3)21(17)6/h9-10H,3,7-8H2,1-2,4-6H3. The summed E-state index contributed by atoms with van der Waals surface area (Å²) in [5, 5.41) is 1.17. The van der Waals surface area contributed by atoms with Crippen molar-refractivity contribution in [3.8, 4) is 0 Å². The molecule has 0 bridgehead atoms. The van der Waals surface area contributed by atoms with Gasteiger partial charge in [-0.3, -0.25) is 0 Å². The average molecular weight is 281 g/mol. The van der Waals surface area contributed by atoms with Gasteiger partial charge in [0.25, 0.3) is 0 Å². The van der Waals surface area contributed by atoms with E-state index >= 15 is 0 Å². The SMILES string of the molecule is C=C1N(C)c2cc3c(CC)nc(C)nc3cc2C1(C)CC. The molecule has 110 valence electrons. The Morgan fingerprint density at radius 3 is 2.57 bits per heavy atom. The lowest BCUT2D eigenvalue weighted by Crippen LogP contribution is -2.24. The Bertz CT molecular complexity index is 748. The lowest BCUT2D eigenvalue weighted by atomic mass is 9.79. The quantitative estimate of drug-likeness (QED) is 0.828. The van der Waals surface area contributed by atoms with Crippen LogP contribution in [0.15, 0.2) is 24.4 Å². The van der Waals surface area contributed by atoms with Crippen molar-refractivity contribution in [2.45, 2.75) is 46.0 Å². The molecule has 0 saturated heterocycles. The Hall–Kier alpha value is -1.90. The summed E-state index contributed by atoms with van der Waals surface area (Å²) in [5.74, 6) is 0.850. The van der Waals surface area contributed by atoms with Crippen LogP contribution in [-0.4, -0.2) is 17.0 Å². The minimum Gasteiger partial charge on any atom is -0.348 e. The van der Waals surface area contributed by atoms with Gasteiger partial charge in [-0.15, -0.1) is 0 Å². The first kappa shape index (κ1) is 14.1. The number of fused-ring (bicyclic) bond motifs is 2. The molecule has 1 aliphatic rings. The fourth-order valence-corrected chi connectivity index (χ4v) is 3.41. The van der Waals surface area contributed by atoms with Gasteiger partial charge in [-0.1, -0.05) is 20.4 Å². The summed E-state index contributed by atoms with van der Waals surface area (Å²) in [6.07, 6.45) is 1.97. The van der Waals surface area contributed by atoms with Crippen molar-refractivity contribution >= 4 is 16.6 Å². The third kappa shape index (κ3) is 1.80. The zero-order valence-electron chi connectivity index (χ0n) is 13.6. The lowest BCUT2D eigenvalue weighted by Gasteiger charge is -2.26. The zero-order chi connectivity index (χ0) is 15.4. The van der Waals surface area contributed by atoms with Crippen LogP contribution >= 0.6 is 0 Å². The first-order chi connectivity index (χ1) is 9.92. The molecule has 0 radical (unpaired) electrons. The summed E-state index contributed by atoms with van der Waals surface area (Å²) in [6.45, 7) is 12.9. The molecule has 0 spiro atoms. The predicted molar refractivity (Wildman–Crippen MR) is 88.8 cm³/mol. The number of likely N-dealkylation sites (N-methyl/N-ethyl adjacent to an activating group) is 1. The van der Waals surface area contributed by atoms with E-state index in [0.717, 1.165) is 35.6 Å². The normalized spacial score (nSPS) is 21.2. The average Bonchev–Trinajstić information content (AvgIpc) is 2.67. The Balaban J connectivity index is 2.37. The van der Waals surface area contributed by atoms with E-state index in [2.05, 4.69) is 61.4 Å². The molecule has 0 fully saturated rings. The van der Waals surface area contributed by atoms with Gasteiger partial charge in [-0.05, 0) is 44.4 Å².